The number of hydrogen-bond acceptors (Lipinski definition) is 5. The highest BCUT2D eigenvalue weighted by molar-refractivity contribution is 5.01. The number of rotatable bonds is 6. The van der Waals surface area contributed by atoms with Crippen LogP contribution < -0.4 is 11.3 Å². The summed E-state index contributed by atoms with van der Waals surface area (Å²) in [6.07, 6.45) is 6.87. The van der Waals surface area contributed by atoms with Gasteiger partial charge in [-0.25, -0.2) is 0 Å². The molecule has 1 heterocycles. The molecule has 0 spiro atoms. The first kappa shape index (κ1) is 11.0. The molecule has 1 aromatic heterocycles. The minimum Gasteiger partial charge on any atom is -0.385 e. The second kappa shape index (κ2) is 6.42. The molecule has 0 radical (unpaired) electrons. The van der Waals surface area contributed by atoms with Crippen molar-refractivity contribution in [2.75, 3.05) is 13.7 Å². The first-order valence-electron chi connectivity index (χ1n) is 4.59. The van der Waals surface area contributed by atoms with E-state index in [9.17, 15) is 0 Å². The first-order chi connectivity index (χ1) is 6.88. The Bertz CT molecular complexity index is 242. The zero-order chi connectivity index (χ0) is 10.2. The van der Waals surface area contributed by atoms with Crippen LogP contribution in [0.3, 0.4) is 0 Å². The maximum absolute atomic E-state index is 5.43. The number of hydrogen-bond donors (Lipinski definition) is 2. The summed E-state index contributed by atoms with van der Waals surface area (Å²) in [5.41, 5.74) is 3.59. The van der Waals surface area contributed by atoms with E-state index in [2.05, 4.69) is 15.4 Å². The third-order valence-electron chi connectivity index (χ3n) is 1.98. The number of methoxy groups -OCH3 is 1. The Kier molecular flexibility index (Phi) is 5.06. The number of nitrogens with one attached hydrogen (secondary N) is 1. The molecule has 0 aliphatic carbocycles. The van der Waals surface area contributed by atoms with E-state index >= 15 is 0 Å². The molecule has 0 saturated carbocycles. The van der Waals surface area contributed by atoms with Gasteiger partial charge in [-0.05, 0) is 12.8 Å². The van der Waals surface area contributed by atoms with Crippen molar-refractivity contribution < 1.29 is 4.74 Å². The zero-order valence-corrected chi connectivity index (χ0v) is 8.31. The van der Waals surface area contributed by atoms with Crippen LogP contribution in [-0.4, -0.2) is 23.7 Å². The molecule has 1 rings (SSSR count). The van der Waals surface area contributed by atoms with Gasteiger partial charge >= 0.3 is 0 Å². The van der Waals surface area contributed by atoms with Crippen LogP contribution in [0.5, 0.6) is 0 Å². The van der Waals surface area contributed by atoms with E-state index in [0.29, 0.717) is 0 Å². The van der Waals surface area contributed by atoms with Gasteiger partial charge in [0.2, 0.25) is 0 Å². The highest BCUT2D eigenvalue weighted by Crippen LogP contribution is 2.13. The van der Waals surface area contributed by atoms with E-state index in [1.807, 2.05) is 0 Å². The van der Waals surface area contributed by atoms with Crippen molar-refractivity contribution in [1.29, 1.82) is 0 Å². The molecular weight excluding hydrogens is 180 g/mol. The molecule has 3 N–H and O–H groups in total. The second-order valence-corrected chi connectivity index (χ2v) is 2.98. The van der Waals surface area contributed by atoms with Gasteiger partial charge in [-0.3, -0.25) is 21.2 Å². The quantitative estimate of drug-likeness (QED) is 0.391. The summed E-state index contributed by atoms with van der Waals surface area (Å²) in [4.78, 5) is 8.18. The maximum Gasteiger partial charge on any atom is 0.0769 e. The van der Waals surface area contributed by atoms with E-state index in [4.69, 9.17) is 10.6 Å². The van der Waals surface area contributed by atoms with Crippen molar-refractivity contribution in [2.24, 2.45) is 5.84 Å². The Hall–Kier alpha value is -1.04. The van der Waals surface area contributed by atoms with Crippen molar-refractivity contribution in [2.45, 2.75) is 18.9 Å². The molecular formula is C9H16N4O. The van der Waals surface area contributed by atoms with Crippen molar-refractivity contribution in [1.82, 2.24) is 15.4 Å². The lowest BCUT2D eigenvalue weighted by molar-refractivity contribution is 0.188. The monoisotopic (exact) mass is 196 g/mol. The largest absolute Gasteiger partial charge is 0.385 e. The summed E-state index contributed by atoms with van der Waals surface area (Å²) >= 11 is 0. The summed E-state index contributed by atoms with van der Waals surface area (Å²) in [5.74, 6) is 5.43. The van der Waals surface area contributed by atoms with Gasteiger partial charge in [-0.1, -0.05) is 0 Å². The number of nitrogens with two attached hydrogens (primary N) is 1. The topological polar surface area (TPSA) is 73.1 Å². The standard InChI is InChI=1S/C9H16N4O/c1-14-6-2-3-8(13-10)9-7-11-4-5-12-9/h4-5,7-8,13H,2-3,6,10H2,1H3. The summed E-state index contributed by atoms with van der Waals surface area (Å²) in [7, 11) is 1.69. The lowest BCUT2D eigenvalue weighted by Crippen LogP contribution is -2.29. The molecule has 1 aromatic rings. The summed E-state index contributed by atoms with van der Waals surface area (Å²) in [5, 5.41) is 0. The summed E-state index contributed by atoms with van der Waals surface area (Å²) in [6, 6.07) is 0.0545. The number of ether oxygens (including phenoxy) is 1. The zero-order valence-electron chi connectivity index (χ0n) is 8.31. The summed E-state index contributed by atoms with van der Waals surface area (Å²) < 4.78 is 4.97. The van der Waals surface area contributed by atoms with E-state index in [1.165, 1.54) is 0 Å². The van der Waals surface area contributed by atoms with Crippen LogP contribution in [0.2, 0.25) is 0 Å². The van der Waals surface area contributed by atoms with Gasteiger partial charge in [0.25, 0.3) is 0 Å². The molecule has 0 amide bonds. The maximum atomic E-state index is 5.43. The van der Waals surface area contributed by atoms with Gasteiger partial charge in [-0.15, -0.1) is 0 Å². The second-order valence-electron chi connectivity index (χ2n) is 2.98. The van der Waals surface area contributed by atoms with Crippen molar-refractivity contribution in [3.63, 3.8) is 0 Å². The van der Waals surface area contributed by atoms with E-state index in [1.54, 1.807) is 25.7 Å². The third kappa shape index (κ3) is 3.37. The molecule has 0 bridgehead atoms. The molecule has 5 heteroatoms. The highest BCUT2D eigenvalue weighted by atomic mass is 16.5. The Morgan fingerprint density at radius 2 is 2.43 bits per heavy atom. The minimum atomic E-state index is 0.0545. The molecule has 78 valence electrons. The number of aromatic nitrogens is 2. The molecule has 0 saturated heterocycles. The minimum absolute atomic E-state index is 0.0545. The molecule has 0 aliphatic heterocycles. The van der Waals surface area contributed by atoms with Crippen molar-refractivity contribution in [3.05, 3.63) is 24.3 Å². The van der Waals surface area contributed by atoms with Crippen LogP contribution >= 0.6 is 0 Å². The van der Waals surface area contributed by atoms with Crippen LogP contribution in [0.25, 0.3) is 0 Å². The van der Waals surface area contributed by atoms with Gasteiger partial charge in [0.05, 0.1) is 17.9 Å². The number of nitrogens with zero attached hydrogens (tertiary/aromatic N) is 2. The predicted molar refractivity (Wildman–Crippen MR) is 53.2 cm³/mol. The highest BCUT2D eigenvalue weighted by Gasteiger charge is 2.09. The van der Waals surface area contributed by atoms with Crippen molar-refractivity contribution >= 4 is 0 Å². The van der Waals surface area contributed by atoms with Gasteiger partial charge in [-0.2, -0.15) is 0 Å². The smallest absolute Gasteiger partial charge is 0.0769 e. The van der Waals surface area contributed by atoms with Gasteiger partial charge in [0.15, 0.2) is 0 Å². The molecule has 1 atom stereocenters. The lowest BCUT2D eigenvalue weighted by atomic mass is 10.1. The molecule has 5 nitrogen and oxygen atoms in total. The Balaban J connectivity index is 2.46. The molecule has 1 unspecified atom stereocenters. The molecule has 0 aromatic carbocycles. The summed E-state index contributed by atoms with van der Waals surface area (Å²) in [6.45, 7) is 0.735. The first-order valence-corrected chi connectivity index (χ1v) is 4.59. The SMILES string of the molecule is COCCCC(NN)c1cnccn1. The van der Waals surface area contributed by atoms with Crippen LogP contribution in [0, 0.1) is 0 Å². The Morgan fingerprint density at radius 1 is 1.57 bits per heavy atom. The molecule has 0 fully saturated rings. The average Bonchev–Trinajstić information content (AvgIpc) is 2.26. The van der Waals surface area contributed by atoms with Gasteiger partial charge in [0.1, 0.15) is 0 Å². The predicted octanol–water partition coefficient (Wildman–Crippen LogP) is 0.408. The van der Waals surface area contributed by atoms with Crippen molar-refractivity contribution in [3.8, 4) is 0 Å². The normalized spacial score (nSPS) is 12.7. The molecule has 0 aliphatic rings. The average molecular weight is 196 g/mol. The van der Waals surface area contributed by atoms with Crippen LogP contribution in [0.15, 0.2) is 18.6 Å². The van der Waals surface area contributed by atoms with E-state index in [0.717, 1.165) is 25.1 Å². The fourth-order valence-corrected chi connectivity index (χ4v) is 1.24. The van der Waals surface area contributed by atoms with Crippen LogP contribution in [0.1, 0.15) is 24.6 Å². The fourth-order valence-electron chi connectivity index (χ4n) is 1.24. The van der Waals surface area contributed by atoms with Crippen LogP contribution in [0.4, 0.5) is 0 Å². The van der Waals surface area contributed by atoms with E-state index in [-0.39, 0.29) is 6.04 Å². The fraction of sp³-hybridized carbons (Fsp3) is 0.556. The Labute approximate surface area is 83.7 Å². The third-order valence-corrected chi connectivity index (χ3v) is 1.98. The Morgan fingerprint density at radius 3 is 3.00 bits per heavy atom. The van der Waals surface area contributed by atoms with E-state index < -0.39 is 0 Å². The van der Waals surface area contributed by atoms with Gasteiger partial charge in [0, 0.05) is 26.1 Å². The molecule has 14 heavy (non-hydrogen) atoms. The van der Waals surface area contributed by atoms with Crippen LogP contribution in [-0.2, 0) is 4.74 Å². The van der Waals surface area contributed by atoms with Gasteiger partial charge < -0.3 is 4.74 Å². The lowest BCUT2D eigenvalue weighted by Gasteiger charge is -2.13. The number of hydrazine groups is 1.